The molecule has 8 heteroatoms. The number of hydrogen-bond donors (Lipinski definition) is 1. The molecule has 3 aromatic rings. The quantitative estimate of drug-likeness (QED) is 0.576. The SMILES string of the molecule is CCOC(=O)c1nn(CCc2ccc(OC)cc2)c2c1CN(Cc1ccn[nH]1)CC2. The first-order valence-electron chi connectivity index (χ1n) is 10.3. The maximum Gasteiger partial charge on any atom is 0.359 e. The molecule has 0 saturated heterocycles. The van der Waals surface area contributed by atoms with Gasteiger partial charge < -0.3 is 9.47 Å². The van der Waals surface area contributed by atoms with Gasteiger partial charge in [-0.2, -0.15) is 10.2 Å². The number of aromatic amines is 1. The van der Waals surface area contributed by atoms with Crippen LogP contribution in [0.15, 0.2) is 36.5 Å². The van der Waals surface area contributed by atoms with Gasteiger partial charge in [0.15, 0.2) is 5.69 Å². The molecule has 4 rings (SSSR count). The molecule has 1 N–H and O–H groups in total. The normalized spacial score (nSPS) is 13.8. The summed E-state index contributed by atoms with van der Waals surface area (Å²) in [6.07, 6.45) is 3.43. The first kappa shape index (κ1) is 20.2. The second-order valence-electron chi connectivity index (χ2n) is 7.36. The molecule has 3 heterocycles. The molecule has 1 aromatic carbocycles. The standard InChI is InChI=1S/C22H27N5O3/c1-3-30-22(28)21-19-15-26(14-17-8-11-23-24-17)12-10-20(19)27(25-21)13-9-16-4-6-18(29-2)7-5-16/h4-8,11H,3,9-10,12-15H2,1-2H3,(H,23,24). The molecule has 0 bridgehead atoms. The Balaban J connectivity index is 1.53. The van der Waals surface area contributed by atoms with Crippen molar-refractivity contribution in [1.29, 1.82) is 0 Å². The fourth-order valence-electron chi connectivity index (χ4n) is 3.87. The molecule has 0 atom stereocenters. The maximum atomic E-state index is 12.6. The lowest BCUT2D eigenvalue weighted by Crippen LogP contribution is -2.31. The van der Waals surface area contributed by atoms with Gasteiger partial charge >= 0.3 is 5.97 Å². The van der Waals surface area contributed by atoms with Crippen LogP contribution in [-0.4, -0.2) is 51.1 Å². The van der Waals surface area contributed by atoms with Crippen molar-refractivity contribution in [3.63, 3.8) is 0 Å². The molecular weight excluding hydrogens is 382 g/mol. The largest absolute Gasteiger partial charge is 0.497 e. The molecule has 0 amide bonds. The van der Waals surface area contributed by atoms with Gasteiger partial charge in [-0.05, 0) is 37.1 Å². The van der Waals surface area contributed by atoms with E-state index in [0.29, 0.717) is 25.4 Å². The Kier molecular flexibility index (Phi) is 6.13. The van der Waals surface area contributed by atoms with Crippen LogP contribution >= 0.6 is 0 Å². The summed E-state index contributed by atoms with van der Waals surface area (Å²) in [6.45, 7) is 5.21. The molecular formula is C22H27N5O3. The zero-order chi connectivity index (χ0) is 20.9. The van der Waals surface area contributed by atoms with E-state index in [2.05, 4.69) is 32.3 Å². The number of nitrogens with one attached hydrogen (secondary N) is 1. The highest BCUT2D eigenvalue weighted by molar-refractivity contribution is 5.89. The van der Waals surface area contributed by atoms with Crippen molar-refractivity contribution in [2.24, 2.45) is 0 Å². The van der Waals surface area contributed by atoms with Crippen LogP contribution in [0, 0.1) is 0 Å². The van der Waals surface area contributed by atoms with Crippen LogP contribution in [0.3, 0.4) is 0 Å². The zero-order valence-electron chi connectivity index (χ0n) is 17.4. The monoisotopic (exact) mass is 409 g/mol. The van der Waals surface area contributed by atoms with Crippen LogP contribution in [0.4, 0.5) is 0 Å². The summed E-state index contributed by atoms with van der Waals surface area (Å²) < 4.78 is 12.5. The number of ether oxygens (including phenoxy) is 2. The van der Waals surface area contributed by atoms with Crippen molar-refractivity contribution in [2.45, 2.75) is 39.4 Å². The number of aromatic nitrogens is 4. The highest BCUT2D eigenvalue weighted by atomic mass is 16.5. The number of rotatable bonds is 8. The Morgan fingerprint density at radius 2 is 2.07 bits per heavy atom. The minimum atomic E-state index is -0.347. The smallest absolute Gasteiger partial charge is 0.359 e. The third kappa shape index (κ3) is 4.38. The van der Waals surface area contributed by atoms with Crippen molar-refractivity contribution in [2.75, 3.05) is 20.3 Å². The predicted octanol–water partition coefficient (Wildman–Crippen LogP) is 2.59. The molecule has 0 saturated carbocycles. The lowest BCUT2D eigenvalue weighted by molar-refractivity contribution is 0.0515. The Morgan fingerprint density at radius 3 is 2.77 bits per heavy atom. The topological polar surface area (TPSA) is 85.3 Å². The van der Waals surface area contributed by atoms with E-state index >= 15 is 0 Å². The maximum absolute atomic E-state index is 12.6. The number of nitrogens with zero attached hydrogens (tertiary/aromatic N) is 4. The Morgan fingerprint density at radius 1 is 1.23 bits per heavy atom. The first-order valence-corrected chi connectivity index (χ1v) is 10.3. The van der Waals surface area contributed by atoms with Crippen LogP contribution in [0.5, 0.6) is 5.75 Å². The molecule has 0 spiro atoms. The summed E-state index contributed by atoms with van der Waals surface area (Å²) in [5.41, 5.74) is 4.81. The van der Waals surface area contributed by atoms with E-state index < -0.39 is 0 Å². The lowest BCUT2D eigenvalue weighted by Gasteiger charge is -2.27. The van der Waals surface area contributed by atoms with Crippen molar-refractivity contribution < 1.29 is 14.3 Å². The van der Waals surface area contributed by atoms with Crippen LogP contribution < -0.4 is 4.74 Å². The van der Waals surface area contributed by atoms with Crippen LogP contribution in [0.2, 0.25) is 0 Å². The lowest BCUT2D eigenvalue weighted by atomic mass is 10.0. The molecule has 158 valence electrons. The van der Waals surface area contributed by atoms with E-state index in [1.165, 1.54) is 5.56 Å². The van der Waals surface area contributed by atoms with Crippen molar-refractivity contribution in [1.82, 2.24) is 24.9 Å². The highest BCUT2D eigenvalue weighted by Gasteiger charge is 2.29. The van der Waals surface area contributed by atoms with Crippen LogP contribution in [-0.2, 0) is 37.2 Å². The molecule has 30 heavy (non-hydrogen) atoms. The fourth-order valence-corrected chi connectivity index (χ4v) is 3.87. The third-order valence-electron chi connectivity index (χ3n) is 5.41. The third-order valence-corrected chi connectivity index (χ3v) is 5.41. The summed E-state index contributed by atoms with van der Waals surface area (Å²) in [7, 11) is 1.66. The Labute approximate surface area is 175 Å². The average molecular weight is 409 g/mol. The van der Waals surface area contributed by atoms with E-state index in [9.17, 15) is 4.79 Å². The van der Waals surface area contributed by atoms with E-state index in [1.807, 2.05) is 29.8 Å². The summed E-state index contributed by atoms with van der Waals surface area (Å²) in [6, 6.07) is 10.0. The first-order chi connectivity index (χ1) is 14.7. The van der Waals surface area contributed by atoms with Crippen molar-refractivity contribution in [3.8, 4) is 5.75 Å². The van der Waals surface area contributed by atoms with E-state index in [4.69, 9.17) is 9.47 Å². The van der Waals surface area contributed by atoms with Crippen molar-refractivity contribution in [3.05, 3.63) is 64.7 Å². The number of carbonyl (C=O) groups excluding carboxylic acids is 1. The second kappa shape index (κ2) is 9.13. The number of esters is 1. The van der Waals surface area contributed by atoms with Gasteiger partial charge in [0.25, 0.3) is 0 Å². The number of benzene rings is 1. The van der Waals surface area contributed by atoms with Gasteiger partial charge in [-0.3, -0.25) is 14.7 Å². The zero-order valence-corrected chi connectivity index (χ0v) is 17.4. The minimum absolute atomic E-state index is 0.337. The molecule has 0 unspecified atom stereocenters. The number of methoxy groups -OCH3 is 1. The van der Waals surface area contributed by atoms with Gasteiger partial charge in [-0.1, -0.05) is 12.1 Å². The number of aryl methyl sites for hydroxylation is 2. The van der Waals surface area contributed by atoms with Crippen LogP contribution in [0.1, 0.15) is 39.9 Å². The number of hydrogen-bond acceptors (Lipinski definition) is 6. The van der Waals surface area contributed by atoms with E-state index in [0.717, 1.165) is 48.6 Å². The number of carbonyl (C=O) groups is 1. The molecule has 8 nitrogen and oxygen atoms in total. The molecule has 1 aliphatic heterocycles. The van der Waals surface area contributed by atoms with Gasteiger partial charge in [0, 0.05) is 55.7 Å². The minimum Gasteiger partial charge on any atom is -0.497 e. The van der Waals surface area contributed by atoms with E-state index in [-0.39, 0.29) is 5.97 Å². The molecule has 0 fully saturated rings. The van der Waals surface area contributed by atoms with Gasteiger partial charge in [0.05, 0.1) is 13.7 Å². The second-order valence-corrected chi connectivity index (χ2v) is 7.36. The van der Waals surface area contributed by atoms with Gasteiger partial charge in [0.2, 0.25) is 0 Å². The van der Waals surface area contributed by atoms with Gasteiger partial charge in [-0.25, -0.2) is 4.79 Å². The summed E-state index contributed by atoms with van der Waals surface area (Å²) in [4.78, 5) is 14.9. The predicted molar refractivity (Wildman–Crippen MR) is 111 cm³/mol. The number of H-pyrrole nitrogens is 1. The van der Waals surface area contributed by atoms with Gasteiger partial charge in [0.1, 0.15) is 5.75 Å². The molecule has 0 radical (unpaired) electrons. The van der Waals surface area contributed by atoms with Crippen molar-refractivity contribution >= 4 is 5.97 Å². The Bertz CT molecular complexity index is 979. The molecule has 1 aliphatic rings. The Hall–Kier alpha value is -3.13. The highest BCUT2D eigenvalue weighted by Crippen LogP contribution is 2.25. The van der Waals surface area contributed by atoms with Gasteiger partial charge in [-0.15, -0.1) is 0 Å². The molecule has 0 aliphatic carbocycles. The fraction of sp³-hybridized carbons (Fsp3) is 0.409. The van der Waals surface area contributed by atoms with Crippen LogP contribution in [0.25, 0.3) is 0 Å². The summed E-state index contributed by atoms with van der Waals surface area (Å²) in [5.74, 6) is 0.498. The van der Waals surface area contributed by atoms with E-state index in [1.54, 1.807) is 13.3 Å². The molecule has 2 aromatic heterocycles. The number of fused-ring (bicyclic) bond motifs is 1. The summed E-state index contributed by atoms with van der Waals surface area (Å²) >= 11 is 0. The summed E-state index contributed by atoms with van der Waals surface area (Å²) in [5, 5.41) is 11.7. The average Bonchev–Trinajstić information content (AvgIpc) is 3.40.